The summed E-state index contributed by atoms with van der Waals surface area (Å²) in [5.74, 6) is 0.204. The molecule has 0 heterocycles. The molecule has 0 aliphatic rings. The summed E-state index contributed by atoms with van der Waals surface area (Å²) >= 11 is 0. The summed E-state index contributed by atoms with van der Waals surface area (Å²) in [6.07, 6.45) is 0. The quantitative estimate of drug-likeness (QED) is 0.472. The first kappa shape index (κ1) is 12.6. The molecule has 0 amide bonds. The fourth-order valence-corrected chi connectivity index (χ4v) is 1.47. The van der Waals surface area contributed by atoms with Crippen molar-refractivity contribution in [1.82, 2.24) is 0 Å². The van der Waals surface area contributed by atoms with E-state index in [4.69, 9.17) is 0 Å². The molecule has 1 aromatic carbocycles. The van der Waals surface area contributed by atoms with Crippen LogP contribution in [0, 0.1) is 34.6 Å². The molecule has 13 heavy (non-hydrogen) atoms. The van der Waals surface area contributed by atoms with Crippen LogP contribution in [0.5, 0.6) is 5.75 Å². The van der Waals surface area contributed by atoms with Gasteiger partial charge in [0.25, 0.3) is 0 Å². The Morgan fingerprint density at radius 2 is 0.846 bits per heavy atom. The molecule has 0 fully saturated rings. The van der Waals surface area contributed by atoms with Gasteiger partial charge in [0.2, 0.25) is 0 Å². The Hall–Kier alpha value is -0.383. The van der Waals surface area contributed by atoms with E-state index in [0.29, 0.717) is 0 Å². The molecule has 0 bridgehead atoms. The maximum Gasteiger partial charge on any atom is 1.00 e. The van der Waals surface area contributed by atoms with Crippen LogP contribution in [-0.2, 0) is 0 Å². The van der Waals surface area contributed by atoms with Gasteiger partial charge < -0.3 is 5.11 Å². The Balaban J connectivity index is 0.00000144. The van der Waals surface area contributed by atoms with Crippen molar-refractivity contribution in [3.8, 4) is 5.75 Å². The van der Waals surface area contributed by atoms with Crippen LogP contribution in [0.25, 0.3) is 0 Å². The summed E-state index contributed by atoms with van der Waals surface area (Å²) in [5, 5.41) is 11.6. The van der Waals surface area contributed by atoms with Crippen LogP contribution < -0.4 is 24.0 Å². The van der Waals surface area contributed by atoms with E-state index in [1.54, 1.807) is 0 Å². The molecule has 0 radical (unpaired) electrons. The molecule has 0 saturated carbocycles. The SMILES string of the molecule is Cc1c(C)c(C)c([O-])c(C)c1C.[Li+]. The van der Waals surface area contributed by atoms with Gasteiger partial charge in [-0.1, -0.05) is 11.1 Å². The molecule has 0 aliphatic heterocycles. The summed E-state index contributed by atoms with van der Waals surface area (Å²) in [7, 11) is 0. The minimum absolute atomic E-state index is 0. The molecular formula is C11H15LiO. The van der Waals surface area contributed by atoms with Gasteiger partial charge in [0.1, 0.15) is 0 Å². The van der Waals surface area contributed by atoms with Crippen LogP contribution in [0.15, 0.2) is 0 Å². The Labute approximate surface area is 92.3 Å². The monoisotopic (exact) mass is 170 g/mol. The van der Waals surface area contributed by atoms with Gasteiger partial charge >= 0.3 is 18.9 Å². The number of hydrogen-bond acceptors (Lipinski definition) is 1. The van der Waals surface area contributed by atoms with Gasteiger partial charge in [-0.2, -0.15) is 0 Å². The molecule has 0 spiro atoms. The van der Waals surface area contributed by atoms with E-state index in [1.807, 2.05) is 27.7 Å². The Kier molecular flexibility index (Phi) is 4.10. The molecule has 2 heteroatoms. The molecule has 0 N–H and O–H groups in total. The largest absolute Gasteiger partial charge is 1.00 e. The minimum atomic E-state index is 0. The Morgan fingerprint density at radius 3 is 1.15 bits per heavy atom. The molecule has 1 aromatic rings. The number of hydrogen-bond donors (Lipinski definition) is 0. The second-order valence-corrected chi connectivity index (χ2v) is 3.45. The van der Waals surface area contributed by atoms with Crippen molar-refractivity contribution in [3.63, 3.8) is 0 Å². The average molecular weight is 170 g/mol. The zero-order valence-electron chi connectivity index (χ0n) is 9.41. The van der Waals surface area contributed by atoms with Gasteiger partial charge in [-0.3, -0.25) is 0 Å². The summed E-state index contributed by atoms with van der Waals surface area (Å²) in [4.78, 5) is 0. The number of benzene rings is 1. The van der Waals surface area contributed by atoms with Crippen LogP contribution in [-0.4, -0.2) is 0 Å². The van der Waals surface area contributed by atoms with E-state index in [-0.39, 0.29) is 24.6 Å². The van der Waals surface area contributed by atoms with Gasteiger partial charge in [-0.25, -0.2) is 0 Å². The standard InChI is InChI=1S/C11H16O.Li/c1-6-7(2)9(4)11(12)10(5)8(6)3;/h12H,1-5H3;/q;+1/p-1. The van der Waals surface area contributed by atoms with E-state index < -0.39 is 0 Å². The van der Waals surface area contributed by atoms with Crippen molar-refractivity contribution < 1.29 is 24.0 Å². The third-order valence-corrected chi connectivity index (χ3v) is 2.93. The molecule has 0 saturated heterocycles. The van der Waals surface area contributed by atoms with Gasteiger partial charge in [-0.05, 0) is 51.3 Å². The molecular weight excluding hydrogens is 155 g/mol. The average Bonchev–Trinajstić information content (AvgIpc) is 2.08. The second-order valence-electron chi connectivity index (χ2n) is 3.45. The smallest absolute Gasteiger partial charge is 0.872 e. The third kappa shape index (κ3) is 1.93. The van der Waals surface area contributed by atoms with Crippen molar-refractivity contribution in [2.45, 2.75) is 34.6 Å². The van der Waals surface area contributed by atoms with Gasteiger partial charge in [0, 0.05) is 0 Å². The van der Waals surface area contributed by atoms with Crippen LogP contribution in [0.2, 0.25) is 0 Å². The van der Waals surface area contributed by atoms with E-state index in [0.717, 1.165) is 22.3 Å². The maximum absolute atomic E-state index is 11.6. The van der Waals surface area contributed by atoms with E-state index in [2.05, 4.69) is 6.92 Å². The van der Waals surface area contributed by atoms with Gasteiger partial charge in [0.05, 0.1) is 0 Å². The zero-order chi connectivity index (χ0) is 9.46. The molecule has 0 unspecified atom stereocenters. The van der Waals surface area contributed by atoms with Gasteiger partial charge in [0.15, 0.2) is 0 Å². The second kappa shape index (κ2) is 4.22. The normalized spacial score (nSPS) is 9.62. The van der Waals surface area contributed by atoms with E-state index in [9.17, 15) is 5.11 Å². The van der Waals surface area contributed by atoms with Crippen molar-refractivity contribution >= 4 is 0 Å². The number of rotatable bonds is 0. The zero-order valence-corrected chi connectivity index (χ0v) is 9.41. The molecule has 0 aliphatic carbocycles. The molecule has 1 rings (SSSR count). The Bertz CT molecular complexity index is 224. The summed E-state index contributed by atoms with van der Waals surface area (Å²) in [6.45, 7) is 9.90. The van der Waals surface area contributed by atoms with Crippen LogP contribution in [0.4, 0.5) is 0 Å². The van der Waals surface area contributed by atoms with Crippen LogP contribution in [0.3, 0.4) is 0 Å². The van der Waals surface area contributed by atoms with Crippen LogP contribution in [0.1, 0.15) is 27.8 Å². The van der Waals surface area contributed by atoms with Crippen molar-refractivity contribution in [2.24, 2.45) is 0 Å². The minimum Gasteiger partial charge on any atom is -0.872 e. The summed E-state index contributed by atoms with van der Waals surface area (Å²) in [6, 6.07) is 0. The van der Waals surface area contributed by atoms with Crippen molar-refractivity contribution in [1.29, 1.82) is 0 Å². The van der Waals surface area contributed by atoms with Gasteiger partial charge in [-0.15, -0.1) is 5.75 Å². The predicted octanol–water partition coefficient (Wildman–Crippen LogP) is -0.694. The molecule has 66 valence electrons. The summed E-state index contributed by atoms with van der Waals surface area (Å²) < 4.78 is 0. The first-order valence-electron chi connectivity index (χ1n) is 4.20. The van der Waals surface area contributed by atoms with E-state index >= 15 is 0 Å². The topological polar surface area (TPSA) is 23.1 Å². The molecule has 0 aromatic heterocycles. The fraction of sp³-hybridized carbons (Fsp3) is 0.455. The van der Waals surface area contributed by atoms with Crippen molar-refractivity contribution in [2.75, 3.05) is 0 Å². The maximum atomic E-state index is 11.6. The first-order valence-corrected chi connectivity index (χ1v) is 4.20. The Morgan fingerprint density at radius 1 is 0.615 bits per heavy atom. The van der Waals surface area contributed by atoms with Crippen LogP contribution >= 0.6 is 0 Å². The van der Waals surface area contributed by atoms with E-state index in [1.165, 1.54) is 5.56 Å². The fourth-order valence-electron chi connectivity index (χ4n) is 1.47. The first-order chi connectivity index (χ1) is 5.46. The molecule has 1 nitrogen and oxygen atoms in total. The predicted molar refractivity (Wildman–Crippen MR) is 49.6 cm³/mol. The molecule has 0 atom stereocenters. The summed E-state index contributed by atoms with van der Waals surface area (Å²) in [5.41, 5.74) is 5.34. The third-order valence-electron chi connectivity index (χ3n) is 2.93. The van der Waals surface area contributed by atoms with Crippen molar-refractivity contribution in [3.05, 3.63) is 27.8 Å².